The van der Waals surface area contributed by atoms with Crippen molar-refractivity contribution in [2.75, 3.05) is 19.3 Å². The number of aromatic nitrogens is 2. The highest BCUT2D eigenvalue weighted by atomic mass is 16.5. The Kier molecular flexibility index (Phi) is 5.78. The lowest BCUT2D eigenvalue weighted by molar-refractivity contribution is 0.0798. The van der Waals surface area contributed by atoms with Gasteiger partial charge in [0.1, 0.15) is 24.4 Å². The molecule has 1 aromatic heterocycles. The number of benzene rings is 1. The third kappa shape index (κ3) is 3.89. The number of ether oxygens (including phenoxy) is 1. The van der Waals surface area contributed by atoms with Crippen molar-refractivity contribution < 1.29 is 9.53 Å². The van der Waals surface area contributed by atoms with E-state index in [0.717, 1.165) is 48.1 Å². The number of amides is 1. The smallest absolute Gasteiger partial charge is 0.258 e. The largest absolute Gasteiger partial charge is 0.490 e. The van der Waals surface area contributed by atoms with Crippen LogP contribution in [-0.4, -0.2) is 46.5 Å². The number of fused-ring (bicyclic) bond motifs is 3. The minimum atomic E-state index is -0.368. The number of nitriles is 1. The van der Waals surface area contributed by atoms with Crippen LogP contribution in [0.5, 0.6) is 5.75 Å². The normalized spacial score (nSPS) is 21.1. The molecule has 0 radical (unpaired) electrons. The maximum absolute atomic E-state index is 13.5. The molecule has 0 atom stereocenters. The standard InChI is InChI=1S/C24H30N6O2/c1-24(2)12-17-16(21-20(24)22(27)29-13-28-21)8-9-18(19(17)23(31)30(3)11-10-25)32-15-6-4-14(26)5-7-15/h8-9,13-15H,4-7,11-12,26H2,1-3H3,(H2,27,28,29). The summed E-state index contributed by atoms with van der Waals surface area (Å²) in [6, 6.07) is 6.08. The van der Waals surface area contributed by atoms with Crippen molar-refractivity contribution in [1.82, 2.24) is 14.9 Å². The summed E-state index contributed by atoms with van der Waals surface area (Å²) in [7, 11) is 1.64. The second-order valence-electron chi connectivity index (χ2n) is 9.48. The zero-order valence-corrected chi connectivity index (χ0v) is 18.9. The van der Waals surface area contributed by atoms with Gasteiger partial charge in [-0.15, -0.1) is 0 Å². The van der Waals surface area contributed by atoms with Gasteiger partial charge < -0.3 is 21.1 Å². The summed E-state index contributed by atoms with van der Waals surface area (Å²) in [4.78, 5) is 23.7. The summed E-state index contributed by atoms with van der Waals surface area (Å²) in [6.07, 6.45) is 5.59. The molecule has 168 valence electrons. The molecule has 1 heterocycles. The van der Waals surface area contributed by atoms with Crippen LogP contribution in [0.3, 0.4) is 0 Å². The van der Waals surface area contributed by atoms with Gasteiger partial charge in [0.2, 0.25) is 0 Å². The van der Waals surface area contributed by atoms with E-state index in [0.29, 0.717) is 23.6 Å². The van der Waals surface area contributed by atoms with E-state index >= 15 is 0 Å². The first-order chi connectivity index (χ1) is 15.2. The minimum absolute atomic E-state index is 0.00464. The highest BCUT2D eigenvalue weighted by Gasteiger charge is 2.38. The number of hydrogen-bond acceptors (Lipinski definition) is 7. The Morgan fingerprint density at radius 2 is 2.00 bits per heavy atom. The third-order valence-corrected chi connectivity index (χ3v) is 6.58. The van der Waals surface area contributed by atoms with Gasteiger partial charge in [-0.2, -0.15) is 5.26 Å². The number of nitrogens with zero attached hydrogens (tertiary/aromatic N) is 4. The van der Waals surface area contributed by atoms with Crippen LogP contribution in [0.1, 0.15) is 61.0 Å². The molecule has 0 bridgehead atoms. The van der Waals surface area contributed by atoms with Gasteiger partial charge in [-0.3, -0.25) is 4.79 Å². The summed E-state index contributed by atoms with van der Waals surface area (Å²) in [6.45, 7) is 4.16. The van der Waals surface area contributed by atoms with E-state index in [-0.39, 0.29) is 30.0 Å². The lowest BCUT2D eigenvalue weighted by Crippen LogP contribution is -2.35. The number of nitrogen functional groups attached to an aromatic ring is 1. The average Bonchev–Trinajstić information content (AvgIpc) is 2.74. The Bertz CT molecular complexity index is 1080. The molecule has 0 spiro atoms. The maximum atomic E-state index is 13.5. The Hall–Kier alpha value is -3.18. The third-order valence-electron chi connectivity index (χ3n) is 6.58. The van der Waals surface area contributed by atoms with Crippen LogP contribution in [0, 0.1) is 11.3 Å². The van der Waals surface area contributed by atoms with Crippen molar-refractivity contribution in [3.05, 3.63) is 35.2 Å². The summed E-state index contributed by atoms with van der Waals surface area (Å²) < 4.78 is 6.39. The Morgan fingerprint density at radius 1 is 1.28 bits per heavy atom. The second kappa shape index (κ2) is 8.40. The Labute approximate surface area is 188 Å². The Balaban J connectivity index is 1.85. The van der Waals surface area contributed by atoms with Gasteiger partial charge in [-0.1, -0.05) is 13.8 Å². The molecular weight excluding hydrogens is 404 g/mol. The molecule has 1 amide bonds. The van der Waals surface area contributed by atoms with Gasteiger partial charge in [0.25, 0.3) is 5.91 Å². The zero-order chi connectivity index (χ0) is 23.0. The van der Waals surface area contributed by atoms with Gasteiger partial charge in [0, 0.05) is 24.2 Å². The Morgan fingerprint density at radius 3 is 2.69 bits per heavy atom. The van der Waals surface area contributed by atoms with E-state index in [1.807, 2.05) is 12.1 Å². The molecule has 2 aliphatic carbocycles. The van der Waals surface area contributed by atoms with E-state index < -0.39 is 0 Å². The van der Waals surface area contributed by atoms with E-state index in [4.69, 9.17) is 21.5 Å². The number of hydrogen-bond donors (Lipinski definition) is 2. The molecule has 4 rings (SSSR count). The van der Waals surface area contributed by atoms with Crippen molar-refractivity contribution in [3.8, 4) is 23.1 Å². The second-order valence-corrected chi connectivity index (χ2v) is 9.48. The van der Waals surface area contributed by atoms with Crippen molar-refractivity contribution in [2.24, 2.45) is 5.73 Å². The van der Waals surface area contributed by atoms with Gasteiger partial charge in [-0.25, -0.2) is 9.97 Å². The summed E-state index contributed by atoms with van der Waals surface area (Å²) >= 11 is 0. The number of anilines is 1. The highest BCUT2D eigenvalue weighted by molar-refractivity contribution is 6.01. The van der Waals surface area contributed by atoms with Crippen LogP contribution >= 0.6 is 0 Å². The molecule has 8 heteroatoms. The van der Waals surface area contributed by atoms with Crippen LogP contribution in [0.15, 0.2) is 18.5 Å². The fraction of sp³-hybridized carbons (Fsp3) is 0.500. The summed E-state index contributed by atoms with van der Waals surface area (Å²) in [5, 5.41) is 9.15. The van der Waals surface area contributed by atoms with E-state index in [1.165, 1.54) is 11.2 Å². The van der Waals surface area contributed by atoms with Gasteiger partial charge >= 0.3 is 0 Å². The first kappa shape index (κ1) is 22.0. The monoisotopic (exact) mass is 434 g/mol. The molecule has 0 aliphatic heterocycles. The first-order valence-electron chi connectivity index (χ1n) is 11.0. The fourth-order valence-electron chi connectivity index (χ4n) is 4.92. The quantitative estimate of drug-likeness (QED) is 0.707. The van der Waals surface area contributed by atoms with E-state index in [9.17, 15) is 4.79 Å². The van der Waals surface area contributed by atoms with Crippen LogP contribution in [0.25, 0.3) is 11.3 Å². The molecular formula is C24H30N6O2. The van der Waals surface area contributed by atoms with Crippen molar-refractivity contribution in [1.29, 1.82) is 5.26 Å². The molecule has 1 fully saturated rings. The summed E-state index contributed by atoms with van der Waals surface area (Å²) in [5.41, 5.74) is 15.8. The molecule has 0 saturated heterocycles. The molecule has 1 aromatic carbocycles. The number of carbonyl (C=O) groups is 1. The lowest BCUT2D eigenvalue weighted by Gasteiger charge is -2.36. The van der Waals surface area contributed by atoms with Crippen LogP contribution in [-0.2, 0) is 11.8 Å². The SMILES string of the molecule is CN(CC#N)C(=O)c1c(OC2CCC(N)CC2)ccc2c1CC(C)(C)c1c(N)ncnc1-2. The number of carbonyl (C=O) groups excluding carboxylic acids is 1. The first-order valence-corrected chi connectivity index (χ1v) is 11.0. The highest BCUT2D eigenvalue weighted by Crippen LogP contribution is 2.47. The van der Waals surface area contributed by atoms with E-state index in [1.54, 1.807) is 7.05 Å². The number of rotatable bonds is 4. The lowest BCUT2D eigenvalue weighted by atomic mass is 9.70. The zero-order valence-electron chi connectivity index (χ0n) is 18.9. The molecule has 0 unspecified atom stereocenters. The molecule has 4 N–H and O–H groups in total. The molecule has 32 heavy (non-hydrogen) atoms. The van der Waals surface area contributed by atoms with Crippen LogP contribution < -0.4 is 16.2 Å². The van der Waals surface area contributed by atoms with Crippen molar-refractivity contribution >= 4 is 11.7 Å². The van der Waals surface area contributed by atoms with Gasteiger partial charge in [0.05, 0.1) is 23.4 Å². The van der Waals surface area contributed by atoms with E-state index in [2.05, 4.69) is 29.9 Å². The fourth-order valence-corrected chi connectivity index (χ4v) is 4.92. The predicted molar refractivity (Wildman–Crippen MR) is 122 cm³/mol. The van der Waals surface area contributed by atoms with Crippen LogP contribution in [0.4, 0.5) is 5.82 Å². The van der Waals surface area contributed by atoms with Crippen molar-refractivity contribution in [3.63, 3.8) is 0 Å². The van der Waals surface area contributed by atoms with Crippen molar-refractivity contribution in [2.45, 2.75) is 63.5 Å². The minimum Gasteiger partial charge on any atom is -0.490 e. The average molecular weight is 435 g/mol. The molecule has 2 aliphatic rings. The number of nitrogens with two attached hydrogens (primary N) is 2. The summed E-state index contributed by atoms with van der Waals surface area (Å²) in [5.74, 6) is 0.784. The maximum Gasteiger partial charge on any atom is 0.258 e. The molecule has 2 aromatic rings. The van der Waals surface area contributed by atoms with Gasteiger partial charge in [-0.05, 0) is 55.2 Å². The molecule has 1 saturated carbocycles. The predicted octanol–water partition coefficient (Wildman–Crippen LogP) is 2.80. The molecule has 8 nitrogen and oxygen atoms in total. The van der Waals surface area contributed by atoms with Crippen LogP contribution in [0.2, 0.25) is 0 Å². The van der Waals surface area contributed by atoms with Gasteiger partial charge in [0.15, 0.2) is 0 Å². The topological polar surface area (TPSA) is 131 Å².